The van der Waals surface area contributed by atoms with Gasteiger partial charge in [0.15, 0.2) is 0 Å². The Morgan fingerprint density at radius 1 is 0.786 bits per heavy atom. The molecule has 0 aromatic rings. The van der Waals surface area contributed by atoms with Gasteiger partial charge >= 0.3 is 0 Å². The van der Waals surface area contributed by atoms with Gasteiger partial charge in [-0.2, -0.15) is 0 Å². The van der Waals surface area contributed by atoms with E-state index < -0.39 is 0 Å². The zero-order valence-corrected chi connectivity index (χ0v) is 11.5. The average Bonchev–Trinajstić information content (AvgIpc) is 2.07. The van der Waals surface area contributed by atoms with E-state index in [1.807, 2.05) is 0 Å². The highest BCUT2D eigenvalue weighted by molar-refractivity contribution is 4.68. The van der Waals surface area contributed by atoms with Crippen LogP contribution in [-0.4, -0.2) is 49.1 Å². The third-order valence-electron chi connectivity index (χ3n) is 2.68. The zero-order chi connectivity index (χ0) is 11.8. The van der Waals surface area contributed by atoms with Crippen molar-refractivity contribution < 1.29 is 0 Å². The minimum atomic E-state index is 0.333. The second-order valence-corrected chi connectivity index (χ2v) is 4.68. The summed E-state index contributed by atoms with van der Waals surface area (Å²) in [5.74, 6) is 0. The first-order valence-corrected chi connectivity index (χ1v) is 5.69. The summed E-state index contributed by atoms with van der Waals surface area (Å²) in [5.41, 5.74) is 0.333. The molecule has 0 aromatic heterocycles. The van der Waals surface area contributed by atoms with Crippen LogP contribution in [0, 0.1) is 0 Å². The molecule has 0 heterocycles. The standard InChI is InChI=1S/2C6H15N/c1-6(2,3)7(4)5;1-4-7(5-2)6-3/h1-5H3;4-6H2,1-3H3. The molecule has 0 saturated carbocycles. The molecule has 0 rings (SSSR count). The first kappa shape index (κ1) is 16.4. The van der Waals surface area contributed by atoms with Crippen LogP contribution in [0.3, 0.4) is 0 Å². The fourth-order valence-electron chi connectivity index (χ4n) is 0.671. The summed E-state index contributed by atoms with van der Waals surface area (Å²) in [5, 5.41) is 0. The van der Waals surface area contributed by atoms with E-state index in [4.69, 9.17) is 0 Å². The normalized spacial score (nSPS) is 11.6. The van der Waals surface area contributed by atoms with Crippen molar-refractivity contribution in [3.05, 3.63) is 0 Å². The molecule has 0 aliphatic carbocycles. The van der Waals surface area contributed by atoms with E-state index in [9.17, 15) is 0 Å². The van der Waals surface area contributed by atoms with Gasteiger partial charge < -0.3 is 9.80 Å². The van der Waals surface area contributed by atoms with E-state index in [1.165, 1.54) is 19.6 Å². The molecule has 0 atom stereocenters. The van der Waals surface area contributed by atoms with Crippen LogP contribution < -0.4 is 0 Å². The molecule has 0 aliphatic heterocycles. The van der Waals surface area contributed by atoms with Crippen LogP contribution in [0.1, 0.15) is 41.5 Å². The lowest BCUT2D eigenvalue weighted by atomic mass is 10.1. The Hall–Kier alpha value is -0.0800. The Labute approximate surface area is 91.3 Å². The van der Waals surface area contributed by atoms with Gasteiger partial charge in [0.2, 0.25) is 0 Å². The largest absolute Gasteiger partial charge is 0.305 e. The van der Waals surface area contributed by atoms with Crippen LogP contribution in [0.2, 0.25) is 0 Å². The Bertz CT molecular complexity index is 104. The SMILES string of the molecule is CCN(CC)CC.CN(C)C(C)(C)C. The molecule has 0 amide bonds. The fourth-order valence-corrected chi connectivity index (χ4v) is 0.671. The van der Waals surface area contributed by atoms with Crippen molar-refractivity contribution in [2.75, 3.05) is 33.7 Å². The zero-order valence-electron chi connectivity index (χ0n) is 11.5. The van der Waals surface area contributed by atoms with Crippen molar-refractivity contribution in [2.45, 2.75) is 47.1 Å². The minimum Gasteiger partial charge on any atom is -0.305 e. The van der Waals surface area contributed by atoms with E-state index in [1.54, 1.807) is 0 Å². The quantitative estimate of drug-likeness (QED) is 0.694. The van der Waals surface area contributed by atoms with E-state index in [0.29, 0.717) is 5.54 Å². The summed E-state index contributed by atoms with van der Waals surface area (Å²) in [4.78, 5) is 4.56. The molecule has 0 fully saturated rings. The topological polar surface area (TPSA) is 6.48 Å². The Balaban J connectivity index is 0. The second kappa shape index (κ2) is 8.25. The summed E-state index contributed by atoms with van der Waals surface area (Å²) in [6.45, 7) is 16.7. The molecule has 14 heavy (non-hydrogen) atoms. The highest BCUT2D eigenvalue weighted by Gasteiger charge is 2.10. The molecule has 0 radical (unpaired) electrons. The van der Waals surface area contributed by atoms with Crippen molar-refractivity contribution in [2.24, 2.45) is 0 Å². The first-order valence-electron chi connectivity index (χ1n) is 5.69. The monoisotopic (exact) mass is 202 g/mol. The van der Waals surface area contributed by atoms with Crippen molar-refractivity contribution in [3.8, 4) is 0 Å². The third kappa shape index (κ3) is 10.0. The first-order chi connectivity index (χ1) is 6.29. The van der Waals surface area contributed by atoms with Crippen LogP contribution >= 0.6 is 0 Å². The molecule has 0 bridgehead atoms. The van der Waals surface area contributed by atoms with Crippen molar-refractivity contribution >= 4 is 0 Å². The van der Waals surface area contributed by atoms with Crippen LogP contribution in [0.15, 0.2) is 0 Å². The highest BCUT2D eigenvalue weighted by Crippen LogP contribution is 2.05. The lowest BCUT2D eigenvalue weighted by Gasteiger charge is -2.27. The van der Waals surface area contributed by atoms with E-state index in [0.717, 1.165) is 0 Å². The van der Waals surface area contributed by atoms with Crippen molar-refractivity contribution in [1.82, 2.24) is 9.80 Å². The molecule has 0 spiro atoms. The third-order valence-corrected chi connectivity index (χ3v) is 2.68. The van der Waals surface area contributed by atoms with Crippen molar-refractivity contribution in [3.63, 3.8) is 0 Å². The van der Waals surface area contributed by atoms with Gasteiger partial charge in [-0.3, -0.25) is 0 Å². The van der Waals surface area contributed by atoms with Gasteiger partial charge in [-0.25, -0.2) is 0 Å². The average molecular weight is 202 g/mol. The van der Waals surface area contributed by atoms with E-state index in [-0.39, 0.29) is 0 Å². The maximum absolute atomic E-state index is 2.38. The van der Waals surface area contributed by atoms with Crippen LogP contribution in [0.25, 0.3) is 0 Å². The van der Waals surface area contributed by atoms with E-state index >= 15 is 0 Å². The molecular weight excluding hydrogens is 172 g/mol. The summed E-state index contributed by atoms with van der Waals surface area (Å²) in [7, 11) is 4.17. The molecule has 0 aliphatic rings. The van der Waals surface area contributed by atoms with Crippen LogP contribution in [-0.2, 0) is 0 Å². The Morgan fingerprint density at radius 2 is 1.00 bits per heavy atom. The summed E-state index contributed by atoms with van der Waals surface area (Å²) in [6.07, 6.45) is 0. The molecule has 0 unspecified atom stereocenters. The molecule has 0 saturated heterocycles. The molecule has 0 aromatic carbocycles. The smallest absolute Gasteiger partial charge is 0.0118 e. The molecule has 2 heteroatoms. The van der Waals surface area contributed by atoms with Gasteiger partial charge in [-0.15, -0.1) is 0 Å². The van der Waals surface area contributed by atoms with Gasteiger partial charge in [0.1, 0.15) is 0 Å². The van der Waals surface area contributed by atoms with Crippen LogP contribution in [0.5, 0.6) is 0 Å². The maximum Gasteiger partial charge on any atom is 0.0118 e. The number of rotatable bonds is 3. The van der Waals surface area contributed by atoms with Gasteiger partial charge in [0.05, 0.1) is 0 Å². The summed E-state index contributed by atoms with van der Waals surface area (Å²) < 4.78 is 0. The maximum atomic E-state index is 2.38. The predicted octanol–water partition coefficient (Wildman–Crippen LogP) is 2.69. The summed E-state index contributed by atoms with van der Waals surface area (Å²) in [6, 6.07) is 0. The number of nitrogens with zero attached hydrogens (tertiary/aromatic N) is 2. The summed E-state index contributed by atoms with van der Waals surface area (Å²) >= 11 is 0. The Kier molecular flexibility index (Phi) is 9.63. The van der Waals surface area contributed by atoms with Gasteiger partial charge in [-0.1, -0.05) is 20.8 Å². The second-order valence-electron chi connectivity index (χ2n) is 4.68. The molecule has 2 nitrogen and oxygen atoms in total. The van der Waals surface area contributed by atoms with Gasteiger partial charge in [0, 0.05) is 5.54 Å². The molecule has 88 valence electrons. The van der Waals surface area contributed by atoms with Crippen LogP contribution in [0.4, 0.5) is 0 Å². The minimum absolute atomic E-state index is 0.333. The fraction of sp³-hybridized carbons (Fsp3) is 1.00. The lowest BCUT2D eigenvalue weighted by Crippen LogP contribution is -2.34. The number of hydrogen-bond donors (Lipinski definition) is 0. The van der Waals surface area contributed by atoms with Gasteiger partial charge in [-0.05, 0) is 54.5 Å². The predicted molar refractivity (Wildman–Crippen MR) is 66.9 cm³/mol. The van der Waals surface area contributed by atoms with E-state index in [2.05, 4.69) is 65.4 Å². The molecule has 0 N–H and O–H groups in total. The lowest BCUT2D eigenvalue weighted by molar-refractivity contribution is 0.219. The molecular formula is C12H30N2. The highest BCUT2D eigenvalue weighted by atomic mass is 15.1. The van der Waals surface area contributed by atoms with Gasteiger partial charge in [0.25, 0.3) is 0 Å². The van der Waals surface area contributed by atoms with Crippen molar-refractivity contribution in [1.29, 1.82) is 0 Å². The Morgan fingerprint density at radius 3 is 1.00 bits per heavy atom. The number of hydrogen-bond acceptors (Lipinski definition) is 2.